The molecule has 14 nitrogen and oxygen atoms in total. The number of carbonyl (C=O) groups excluding carboxylic acids is 1. The fraction of sp³-hybridized carbons (Fsp3) is 0.780. The topological polar surface area (TPSA) is 214 Å². The van der Waals surface area contributed by atoms with E-state index in [1.54, 1.807) is 0 Å². The van der Waals surface area contributed by atoms with Crippen LogP contribution in [0, 0.1) is 0 Å². The Hall–Kier alpha value is -2.57. The second-order valence-electron chi connectivity index (χ2n) is 19.7. The lowest BCUT2D eigenvalue weighted by atomic mass is 9.98. The van der Waals surface area contributed by atoms with Gasteiger partial charge in [-0.15, -0.1) is 0 Å². The summed E-state index contributed by atoms with van der Waals surface area (Å²) < 4.78 is 34.3. The van der Waals surface area contributed by atoms with E-state index in [1.165, 1.54) is 77.0 Å². The number of aliphatic hydroxyl groups is 7. The molecular formula is C59H102O14. The lowest BCUT2D eigenvalue weighted by Crippen LogP contribution is -2.61. The molecule has 0 aromatic heterocycles. The first kappa shape index (κ1) is 66.5. The highest BCUT2D eigenvalue weighted by molar-refractivity contribution is 5.69. The van der Waals surface area contributed by atoms with Gasteiger partial charge in [-0.1, -0.05) is 196 Å². The van der Waals surface area contributed by atoms with Crippen LogP contribution in [0.25, 0.3) is 0 Å². The summed E-state index contributed by atoms with van der Waals surface area (Å²) >= 11 is 0. The molecule has 0 saturated carbocycles. The molecule has 14 heteroatoms. The molecule has 11 unspecified atom stereocenters. The average Bonchev–Trinajstić information content (AvgIpc) is 3.39. The zero-order chi connectivity index (χ0) is 53.0. The van der Waals surface area contributed by atoms with Crippen LogP contribution in [-0.2, 0) is 33.2 Å². The molecule has 2 rings (SSSR count). The molecule has 7 N–H and O–H groups in total. The fourth-order valence-electron chi connectivity index (χ4n) is 8.64. The molecule has 73 heavy (non-hydrogen) atoms. The quantitative estimate of drug-likeness (QED) is 0.0172. The molecule has 0 aromatic carbocycles. The maximum Gasteiger partial charge on any atom is 0.306 e. The van der Waals surface area contributed by atoms with Gasteiger partial charge >= 0.3 is 5.97 Å². The summed E-state index contributed by atoms with van der Waals surface area (Å²) in [5.74, 6) is -0.382. The minimum absolute atomic E-state index is 0.0522. The first-order valence-electron chi connectivity index (χ1n) is 28.5. The third-order valence-electron chi connectivity index (χ3n) is 13.2. The second kappa shape index (κ2) is 45.6. The number of unbranched alkanes of at least 4 members (excludes halogenated alkanes) is 19. The normalized spacial score (nSPS) is 25.5. The van der Waals surface area contributed by atoms with Crippen molar-refractivity contribution >= 4 is 5.97 Å². The monoisotopic (exact) mass is 1030 g/mol. The van der Waals surface area contributed by atoms with Gasteiger partial charge in [-0.3, -0.25) is 4.79 Å². The maximum absolute atomic E-state index is 13.0. The van der Waals surface area contributed by atoms with Gasteiger partial charge in [0.25, 0.3) is 0 Å². The van der Waals surface area contributed by atoms with Crippen LogP contribution in [0.2, 0.25) is 0 Å². The predicted molar refractivity (Wildman–Crippen MR) is 289 cm³/mol. The minimum atomic E-state index is -1.71. The second-order valence-corrected chi connectivity index (χ2v) is 19.7. The average molecular weight is 1040 g/mol. The van der Waals surface area contributed by atoms with Crippen LogP contribution in [0.1, 0.15) is 194 Å². The van der Waals surface area contributed by atoms with Gasteiger partial charge in [-0.2, -0.15) is 0 Å². The van der Waals surface area contributed by atoms with E-state index in [1.807, 2.05) is 0 Å². The van der Waals surface area contributed by atoms with Crippen molar-refractivity contribution < 1.29 is 69.0 Å². The number of aliphatic hydroxyl groups excluding tert-OH is 7. The highest BCUT2D eigenvalue weighted by Gasteiger charge is 2.47. The van der Waals surface area contributed by atoms with E-state index in [0.29, 0.717) is 13.0 Å². The first-order valence-corrected chi connectivity index (χ1v) is 28.5. The van der Waals surface area contributed by atoms with Crippen molar-refractivity contribution in [3.63, 3.8) is 0 Å². The Bertz CT molecular complexity index is 1480. The third kappa shape index (κ3) is 32.6. The highest BCUT2D eigenvalue weighted by atomic mass is 16.7. The van der Waals surface area contributed by atoms with E-state index in [9.17, 15) is 40.5 Å². The van der Waals surface area contributed by atoms with Crippen LogP contribution < -0.4 is 0 Å². The summed E-state index contributed by atoms with van der Waals surface area (Å²) in [4.78, 5) is 13.0. The maximum atomic E-state index is 13.0. The Morgan fingerprint density at radius 3 is 1.40 bits per heavy atom. The van der Waals surface area contributed by atoms with E-state index in [-0.39, 0.29) is 25.6 Å². The zero-order valence-corrected chi connectivity index (χ0v) is 45.1. The molecule has 422 valence electrons. The summed E-state index contributed by atoms with van der Waals surface area (Å²) in [5, 5.41) is 72.3. The summed E-state index contributed by atoms with van der Waals surface area (Å²) in [7, 11) is 0. The first-order chi connectivity index (χ1) is 35.6. The molecule has 2 aliphatic rings. The largest absolute Gasteiger partial charge is 0.457 e. The van der Waals surface area contributed by atoms with E-state index in [2.05, 4.69) is 86.8 Å². The van der Waals surface area contributed by atoms with Crippen molar-refractivity contribution in [1.29, 1.82) is 0 Å². The number of esters is 1. The Balaban J connectivity index is 1.70. The van der Waals surface area contributed by atoms with Crippen LogP contribution in [0.5, 0.6) is 0 Å². The number of hydrogen-bond donors (Lipinski definition) is 7. The van der Waals surface area contributed by atoms with Gasteiger partial charge in [0, 0.05) is 13.0 Å². The van der Waals surface area contributed by atoms with Crippen LogP contribution >= 0.6 is 0 Å². The summed E-state index contributed by atoms with van der Waals surface area (Å²) in [6.07, 6.45) is 41.0. The van der Waals surface area contributed by atoms with E-state index < -0.39 is 80.7 Å². The molecule has 2 aliphatic heterocycles. The Kier molecular flexibility index (Phi) is 41.6. The Morgan fingerprint density at radius 2 is 0.890 bits per heavy atom. The van der Waals surface area contributed by atoms with Gasteiger partial charge in [0.1, 0.15) is 54.9 Å². The molecule has 0 amide bonds. The summed E-state index contributed by atoms with van der Waals surface area (Å²) in [5.41, 5.74) is 0. The lowest BCUT2D eigenvalue weighted by Gasteiger charge is -2.42. The SMILES string of the molecule is CC/C=C\C/C=C\C/C=C\C/C=C\C/C=C\C/C=C\CCCCCCCCCOCC(COC1OC(COC2OC(CO)C(O)C(O)C2O)C(O)C(O)C1O)OC(=O)CCCCCCCCCCCCCCC. The van der Waals surface area contributed by atoms with Crippen molar-refractivity contribution in [2.45, 2.75) is 261 Å². The third-order valence-corrected chi connectivity index (χ3v) is 13.2. The van der Waals surface area contributed by atoms with E-state index in [0.717, 1.165) is 89.9 Å². The van der Waals surface area contributed by atoms with Crippen molar-refractivity contribution in [3.8, 4) is 0 Å². The van der Waals surface area contributed by atoms with Gasteiger partial charge in [-0.05, 0) is 64.2 Å². The number of allylic oxidation sites excluding steroid dienone is 12. The number of carbonyl (C=O) groups is 1. The fourth-order valence-corrected chi connectivity index (χ4v) is 8.64. The van der Waals surface area contributed by atoms with Crippen molar-refractivity contribution in [1.82, 2.24) is 0 Å². The predicted octanol–water partition coefficient (Wildman–Crippen LogP) is 9.86. The Labute approximate surface area is 440 Å². The molecule has 2 saturated heterocycles. The van der Waals surface area contributed by atoms with Crippen molar-refractivity contribution in [2.75, 3.05) is 33.0 Å². The molecule has 0 bridgehead atoms. The van der Waals surface area contributed by atoms with Crippen LogP contribution in [0.4, 0.5) is 0 Å². The summed E-state index contributed by atoms with van der Waals surface area (Å²) in [6, 6.07) is 0. The highest BCUT2D eigenvalue weighted by Crippen LogP contribution is 2.26. The van der Waals surface area contributed by atoms with Gasteiger partial charge in [0.2, 0.25) is 0 Å². The van der Waals surface area contributed by atoms with Gasteiger partial charge in [0.05, 0.1) is 26.4 Å². The van der Waals surface area contributed by atoms with Crippen molar-refractivity contribution in [3.05, 3.63) is 72.9 Å². The van der Waals surface area contributed by atoms with Gasteiger partial charge in [-0.25, -0.2) is 0 Å². The Morgan fingerprint density at radius 1 is 0.466 bits per heavy atom. The number of hydrogen-bond acceptors (Lipinski definition) is 14. The molecule has 0 radical (unpaired) electrons. The van der Waals surface area contributed by atoms with Gasteiger partial charge < -0.3 is 64.2 Å². The van der Waals surface area contributed by atoms with Crippen molar-refractivity contribution in [2.24, 2.45) is 0 Å². The van der Waals surface area contributed by atoms with Crippen LogP contribution in [-0.4, -0.2) is 142 Å². The molecule has 0 aliphatic carbocycles. The number of rotatable bonds is 45. The molecule has 2 heterocycles. The minimum Gasteiger partial charge on any atom is -0.457 e. The summed E-state index contributed by atoms with van der Waals surface area (Å²) in [6.45, 7) is 3.54. The smallest absolute Gasteiger partial charge is 0.306 e. The molecular weight excluding hydrogens is 933 g/mol. The lowest BCUT2D eigenvalue weighted by molar-refractivity contribution is -0.332. The van der Waals surface area contributed by atoms with E-state index >= 15 is 0 Å². The van der Waals surface area contributed by atoms with Crippen LogP contribution in [0.15, 0.2) is 72.9 Å². The molecule has 0 aromatic rings. The standard InChI is InChI=1S/C59H102O14/c1-3-5-7-9-11-13-15-17-18-19-20-21-22-23-24-25-26-27-28-29-31-33-35-37-39-41-43-68-45-48(71-51(61)42-40-38-36-34-32-30-16-14-12-10-8-6-4-2)46-69-58-57(67)55(65)53(63)50(73-58)47-70-59-56(66)54(64)52(62)49(44-60)72-59/h5,7,11,13,17-18,20-21,23-24,26-27,48-50,52-60,62-67H,3-4,6,8-10,12,14-16,19,22,25,28-47H2,1-2H3/b7-5-,13-11-,18-17-,21-20-,24-23-,27-26-. The molecule has 0 spiro atoms. The molecule has 2 fully saturated rings. The van der Waals surface area contributed by atoms with E-state index in [4.69, 9.17) is 28.4 Å². The molecule has 11 atom stereocenters. The van der Waals surface area contributed by atoms with Gasteiger partial charge in [0.15, 0.2) is 12.6 Å². The number of ether oxygens (including phenoxy) is 6. The zero-order valence-electron chi connectivity index (χ0n) is 45.1. The van der Waals surface area contributed by atoms with Crippen LogP contribution in [0.3, 0.4) is 0 Å².